The molecule has 18 heavy (non-hydrogen) atoms. The zero-order chi connectivity index (χ0) is 13.5. The van der Waals surface area contributed by atoms with Crippen molar-refractivity contribution in [2.75, 3.05) is 5.75 Å². The van der Waals surface area contributed by atoms with E-state index < -0.39 is 11.9 Å². The summed E-state index contributed by atoms with van der Waals surface area (Å²) < 4.78 is 0. The number of carbonyl (C=O) groups is 2. The van der Waals surface area contributed by atoms with Crippen molar-refractivity contribution in [1.82, 2.24) is 5.32 Å². The lowest BCUT2D eigenvalue weighted by atomic mass is 10.0. The van der Waals surface area contributed by atoms with Crippen molar-refractivity contribution in [3.8, 4) is 0 Å². The Bertz CT molecular complexity index is 408. The number of amides is 1. The molecule has 4 nitrogen and oxygen atoms in total. The third kappa shape index (κ3) is 4.79. The van der Waals surface area contributed by atoms with Gasteiger partial charge in [0, 0.05) is 10.9 Å². The van der Waals surface area contributed by atoms with E-state index in [1.54, 1.807) is 13.8 Å². The quantitative estimate of drug-likeness (QED) is 0.774. The van der Waals surface area contributed by atoms with E-state index in [2.05, 4.69) is 5.32 Å². The number of hydrogen-bond donors (Lipinski definition) is 2. The van der Waals surface area contributed by atoms with Crippen molar-refractivity contribution >= 4 is 23.6 Å². The highest BCUT2D eigenvalue weighted by Crippen LogP contribution is 2.16. The van der Waals surface area contributed by atoms with Gasteiger partial charge in [-0.05, 0) is 26.0 Å². The largest absolute Gasteiger partial charge is 0.481 e. The third-order valence-corrected chi connectivity index (χ3v) is 3.65. The highest BCUT2D eigenvalue weighted by Gasteiger charge is 2.20. The molecule has 0 fully saturated rings. The summed E-state index contributed by atoms with van der Waals surface area (Å²) in [5, 5.41) is 11.5. The minimum Gasteiger partial charge on any atom is -0.481 e. The second-order valence-corrected chi connectivity index (χ2v) is 5.13. The van der Waals surface area contributed by atoms with Gasteiger partial charge in [0.2, 0.25) is 5.91 Å². The molecule has 5 heteroatoms. The van der Waals surface area contributed by atoms with E-state index in [-0.39, 0.29) is 11.9 Å². The first kappa shape index (κ1) is 14.6. The molecule has 2 unspecified atom stereocenters. The highest BCUT2D eigenvalue weighted by molar-refractivity contribution is 8.00. The molecule has 2 N–H and O–H groups in total. The van der Waals surface area contributed by atoms with E-state index in [1.807, 2.05) is 30.3 Å². The summed E-state index contributed by atoms with van der Waals surface area (Å²) in [4.78, 5) is 23.4. The van der Waals surface area contributed by atoms with E-state index in [4.69, 9.17) is 5.11 Å². The summed E-state index contributed by atoms with van der Waals surface area (Å²) >= 11 is 1.43. The first-order valence-corrected chi connectivity index (χ1v) is 6.69. The molecule has 0 aliphatic carbocycles. The average Bonchev–Trinajstić information content (AvgIpc) is 2.36. The van der Waals surface area contributed by atoms with Crippen molar-refractivity contribution < 1.29 is 14.7 Å². The van der Waals surface area contributed by atoms with Crippen molar-refractivity contribution in [3.63, 3.8) is 0 Å². The Kier molecular flexibility index (Phi) is 5.71. The van der Waals surface area contributed by atoms with E-state index in [9.17, 15) is 9.59 Å². The SMILES string of the molecule is CC(NC(=O)CSc1ccccc1)C(C)C(=O)O. The van der Waals surface area contributed by atoms with Crippen LogP contribution in [0, 0.1) is 5.92 Å². The second-order valence-electron chi connectivity index (χ2n) is 4.08. The van der Waals surface area contributed by atoms with Crippen LogP contribution in [-0.2, 0) is 9.59 Å². The van der Waals surface area contributed by atoms with Gasteiger partial charge < -0.3 is 10.4 Å². The molecule has 0 aliphatic heterocycles. The molecule has 0 aliphatic rings. The fourth-order valence-electron chi connectivity index (χ4n) is 1.30. The molecule has 0 radical (unpaired) electrons. The van der Waals surface area contributed by atoms with Gasteiger partial charge >= 0.3 is 5.97 Å². The number of thioether (sulfide) groups is 1. The number of carboxylic acid groups (broad SMARTS) is 1. The number of carbonyl (C=O) groups excluding carboxylic acids is 1. The minimum absolute atomic E-state index is 0.149. The fourth-order valence-corrected chi connectivity index (χ4v) is 2.03. The van der Waals surface area contributed by atoms with Crippen LogP contribution in [0.2, 0.25) is 0 Å². The Hall–Kier alpha value is -1.49. The van der Waals surface area contributed by atoms with Crippen molar-refractivity contribution in [2.24, 2.45) is 5.92 Å². The maximum absolute atomic E-state index is 11.6. The second kappa shape index (κ2) is 7.06. The Morgan fingerprint density at radius 1 is 1.28 bits per heavy atom. The van der Waals surface area contributed by atoms with E-state index in [0.29, 0.717) is 5.75 Å². The summed E-state index contributed by atoms with van der Waals surface area (Å²) in [6.07, 6.45) is 0. The molecule has 2 atom stereocenters. The predicted molar refractivity (Wildman–Crippen MR) is 71.6 cm³/mol. The van der Waals surface area contributed by atoms with Gasteiger partial charge in [-0.1, -0.05) is 18.2 Å². The third-order valence-electron chi connectivity index (χ3n) is 2.64. The normalized spacial score (nSPS) is 13.7. The summed E-state index contributed by atoms with van der Waals surface area (Å²) in [7, 11) is 0. The number of nitrogens with one attached hydrogen (secondary N) is 1. The molecule has 1 aromatic carbocycles. The summed E-state index contributed by atoms with van der Waals surface area (Å²) in [6.45, 7) is 3.28. The Morgan fingerprint density at radius 3 is 2.44 bits per heavy atom. The molecule has 0 heterocycles. The topological polar surface area (TPSA) is 66.4 Å². The molecule has 0 bridgehead atoms. The summed E-state index contributed by atoms with van der Waals surface area (Å²) in [5.41, 5.74) is 0. The number of rotatable bonds is 6. The fraction of sp³-hybridized carbons (Fsp3) is 0.385. The lowest BCUT2D eigenvalue weighted by Crippen LogP contribution is -2.40. The molecule has 0 saturated heterocycles. The highest BCUT2D eigenvalue weighted by atomic mass is 32.2. The number of hydrogen-bond acceptors (Lipinski definition) is 3. The van der Waals surface area contributed by atoms with Crippen molar-refractivity contribution in [2.45, 2.75) is 24.8 Å². The maximum Gasteiger partial charge on any atom is 0.308 e. The van der Waals surface area contributed by atoms with Crippen LogP contribution in [0.4, 0.5) is 0 Å². The van der Waals surface area contributed by atoms with Crippen molar-refractivity contribution in [3.05, 3.63) is 30.3 Å². The van der Waals surface area contributed by atoms with Gasteiger partial charge in [0.1, 0.15) is 0 Å². The standard InChI is InChI=1S/C13H17NO3S/c1-9(13(16)17)10(2)14-12(15)8-18-11-6-4-3-5-7-11/h3-7,9-10H,8H2,1-2H3,(H,14,15)(H,16,17). The van der Waals surface area contributed by atoms with E-state index in [1.165, 1.54) is 11.8 Å². The molecule has 98 valence electrons. The Labute approximate surface area is 111 Å². The van der Waals surface area contributed by atoms with Gasteiger partial charge in [-0.2, -0.15) is 0 Å². The van der Waals surface area contributed by atoms with Crippen LogP contribution < -0.4 is 5.32 Å². The molecule has 0 spiro atoms. The number of aliphatic carboxylic acids is 1. The number of benzene rings is 1. The molecule has 1 amide bonds. The average molecular weight is 267 g/mol. The summed E-state index contributed by atoms with van der Waals surface area (Å²) in [6, 6.07) is 9.24. The van der Waals surface area contributed by atoms with Gasteiger partial charge in [0.05, 0.1) is 11.7 Å². The Balaban J connectivity index is 2.36. The Morgan fingerprint density at radius 2 is 1.89 bits per heavy atom. The van der Waals surface area contributed by atoms with Crippen LogP contribution in [0.3, 0.4) is 0 Å². The van der Waals surface area contributed by atoms with Crippen LogP contribution in [0.1, 0.15) is 13.8 Å². The number of carboxylic acids is 1. The van der Waals surface area contributed by atoms with Crippen LogP contribution in [-0.4, -0.2) is 28.8 Å². The lowest BCUT2D eigenvalue weighted by Gasteiger charge is -2.17. The molecular formula is C13H17NO3S. The lowest BCUT2D eigenvalue weighted by molar-refractivity contribution is -0.142. The van der Waals surface area contributed by atoms with E-state index >= 15 is 0 Å². The molecule has 0 saturated carbocycles. The minimum atomic E-state index is -0.904. The molecule has 0 aromatic heterocycles. The van der Waals surface area contributed by atoms with Crippen molar-refractivity contribution in [1.29, 1.82) is 0 Å². The first-order chi connectivity index (χ1) is 8.50. The summed E-state index contributed by atoms with van der Waals surface area (Å²) in [5.74, 6) is -1.35. The molecular weight excluding hydrogens is 250 g/mol. The molecule has 1 rings (SSSR count). The smallest absolute Gasteiger partial charge is 0.308 e. The zero-order valence-electron chi connectivity index (χ0n) is 10.4. The zero-order valence-corrected chi connectivity index (χ0v) is 11.2. The van der Waals surface area contributed by atoms with Crippen LogP contribution in [0.5, 0.6) is 0 Å². The predicted octanol–water partition coefficient (Wildman–Crippen LogP) is 2.00. The monoisotopic (exact) mass is 267 g/mol. The van der Waals surface area contributed by atoms with Gasteiger partial charge in [0.25, 0.3) is 0 Å². The van der Waals surface area contributed by atoms with Gasteiger partial charge in [-0.15, -0.1) is 11.8 Å². The maximum atomic E-state index is 11.6. The first-order valence-electron chi connectivity index (χ1n) is 5.70. The van der Waals surface area contributed by atoms with E-state index in [0.717, 1.165) is 4.90 Å². The van der Waals surface area contributed by atoms with Gasteiger partial charge in [0.15, 0.2) is 0 Å². The van der Waals surface area contributed by atoms with Crippen LogP contribution in [0.25, 0.3) is 0 Å². The van der Waals surface area contributed by atoms with Gasteiger partial charge in [-0.25, -0.2) is 0 Å². The van der Waals surface area contributed by atoms with Crippen LogP contribution in [0.15, 0.2) is 35.2 Å². The van der Waals surface area contributed by atoms with Crippen LogP contribution >= 0.6 is 11.8 Å². The molecule has 1 aromatic rings. The van der Waals surface area contributed by atoms with Gasteiger partial charge in [-0.3, -0.25) is 9.59 Å².